The van der Waals surface area contributed by atoms with Gasteiger partial charge in [-0.1, -0.05) is 12.1 Å². The van der Waals surface area contributed by atoms with E-state index in [0.29, 0.717) is 12.1 Å². The van der Waals surface area contributed by atoms with Gasteiger partial charge in [-0.2, -0.15) is 0 Å². The molecule has 5 nitrogen and oxygen atoms in total. The van der Waals surface area contributed by atoms with Crippen molar-refractivity contribution in [3.63, 3.8) is 0 Å². The van der Waals surface area contributed by atoms with Gasteiger partial charge >= 0.3 is 0 Å². The van der Waals surface area contributed by atoms with Crippen LogP contribution in [0.25, 0.3) is 0 Å². The summed E-state index contributed by atoms with van der Waals surface area (Å²) in [5.41, 5.74) is 2.30. The SMILES string of the molecule is CNc1ccncc1C(=O)NCc1ccc(OC)cc1. The molecule has 104 valence electrons. The van der Waals surface area contributed by atoms with Crippen LogP contribution in [0.4, 0.5) is 5.69 Å². The van der Waals surface area contributed by atoms with E-state index in [4.69, 9.17) is 4.74 Å². The minimum absolute atomic E-state index is 0.154. The minimum Gasteiger partial charge on any atom is -0.497 e. The van der Waals surface area contributed by atoms with E-state index in [0.717, 1.165) is 17.0 Å². The predicted molar refractivity (Wildman–Crippen MR) is 77.9 cm³/mol. The summed E-state index contributed by atoms with van der Waals surface area (Å²) in [6, 6.07) is 9.33. The van der Waals surface area contributed by atoms with Crippen LogP contribution in [0.1, 0.15) is 15.9 Å². The second kappa shape index (κ2) is 6.56. The van der Waals surface area contributed by atoms with Crippen LogP contribution in [-0.4, -0.2) is 25.0 Å². The molecule has 0 atom stereocenters. The molecule has 0 radical (unpaired) electrons. The monoisotopic (exact) mass is 271 g/mol. The van der Waals surface area contributed by atoms with Crippen LogP contribution >= 0.6 is 0 Å². The highest BCUT2D eigenvalue weighted by molar-refractivity contribution is 5.99. The van der Waals surface area contributed by atoms with Crippen molar-refractivity contribution in [2.24, 2.45) is 0 Å². The lowest BCUT2D eigenvalue weighted by Crippen LogP contribution is -2.23. The zero-order valence-electron chi connectivity index (χ0n) is 11.5. The Kier molecular flexibility index (Phi) is 4.55. The number of nitrogens with one attached hydrogen (secondary N) is 2. The number of amides is 1. The summed E-state index contributed by atoms with van der Waals surface area (Å²) >= 11 is 0. The maximum atomic E-state index is 12.1. The molecule has 5 heteroatoms. The van der Waals surface area contributed by atoms with Crippen molar-refractivity contribution in [1.29, 1.82) is 0 Å². The molecule has 0 aliphatic heterocycles. The third kappa shape index (κ3) is 3.26. The second-order valence-electron chi connectivity index (χ2n) is 4.20. The predicted octanol–water partition coefficient (Wildman–Crippen LogP) is 2.06. The molecule has 0 aliphatic rings. The number of hydrogen-bond donors (Lipinski definition) is 2. The van der Waals surface area contributed by atoms with Crippen LogP contribution in [0.5, 0.6) is 5.75 Å². The van der Waals surface area contributed by atoms with Crippen LogP contribution in [-0.2, 0) is 6.54 Å². The molecule has 2 N–H and O–H groups in total. The average Bonchev–Trinajstić information content (AvgIpc) is 2.53. The maximum absolute atomic E-state index is 12.1. The first-order valence-corrected chi connectivity index (χ1v) is 6.27. The first kappa shape index (κ1) is 13.9. The zero-order chi connectivity index (χ0) is 14.4. The normalized spacial score (nSPS) is 9.90. The molecular formula is C15H17N3O2. The highest BCUT2D eigenvalue weighted by Gasteiger charge is 2.10. The van der Waals surface area contributed by atoms with Crippen molar-refractivity contribution >= 4 is 11.6 Å². The Labute approximate surface area is 118 Å². The highest BCUT2D eigenvalue weighted by atomic mass is 16.5. The molecule has 20 heavy (non-hydrogen) atoms. The number of anilines is 1. The molecule has 0 fully saturated rings. The van der Waals surface area contributed by atoms with Gasteiger partial charge in [0, 0.05) is 31.7 Å². The third-order valence-electron chi connectivity index (χ3n) is 2.95. The van der Waals surface area contributed by atoms with Crippen molar-refractivity contribution in [2.75, 3.05) is 19.5 Å². The first-order valence-electron chi connectivity index (χ1n) is 6.27. The van der Waals surface area contributed by atoms with Crippen LogP contribution in [0, 0.1) is 0 Å². The summed E-state index contributed by atoms with van der Waals surface area (Å²) in [7, 11) is 3.40. The fourth-order valence-electron chi connectivity index (χ4n) is 1.81. The number of carbonyl (C=O) groups is 1. The van der Waals surface area contributed by atoms with Crippen LogP contribution in [0.15, 0.2) is 42.7 Å². The molecule has 2 rings (SSSR count). The van der Waals surface area contributed by atoms with E-state index in [9.17, 15) is 4.79 Å². The number of hydrogen-bond acceptors (Lipinski definition) is 4. The molecule has 0 spiro atoms. The second-order valence-corrected chi connectivity index (χ2v) is 4.20. The van der Waals surface area contributed by atoms with E-state index in [1.54, 1.807) is 32.6 Å². The standard InChI is InChI=1S/C15H17N3O2/c1-16-14-7-8-17-10-13(14)15(19)18-9-11-3-5-12(20-2)6-4-11/h3-8,10H,9H2,1-2H3,(H,16,17)(H,18,19). The van der Waals surface area contributed by atoms with Gasteiger partial charge in [-0.25, -0.2) is 0 Å². The number of methoxy groups -OCH3 is 1. The van der Waals surface area contributed by atoms with Crippen LogP contribution in [0.3, 0.4) is 0 Å². The van der Waals surface area contributed by atoms with Crippen molar-refractivity contribution in [2.45, 2.75) is 6.54 Å². The van der Waals surface area contributed by atoms with Crippen molar-refractivity contribution in [1.82, 2.24) is 10.3 Å². The van der Waals surface area contributed by atoms with E-state index >= 15 is 0 Å². The van der Waals surface area contributed by atoms with Gasteiger partial charge in [0.25, 0.3) is 5.91 Å². The zero-order valence-corrected chi connectivity index (χ0v) is 11.5. The molecule has 0 saturated carbocycles. The summed E-state index contributed by atoms with van der Waals surface area (Å²) in [5, 5.41) is 5.84. The molecule has 0 bridgehead atoms. The van der Waals surface area contributed by atoms with Crippen molar-refractivity contribution in [3.05, 3.63) is 53.9 Å². The molecular weight excluding hydrogens is 254 g/mol. The summed E-state index contributed by atoms with van der Waals surface area (Å²) in [6.07, 6.45) is 3.20. The van der Waals surface area contributed by atoms with Gasteiger partial charge < -0.3 is 15.4 Å². The first-order chi connectivity index (χ1) is 9.74. The Bertz CT molecular complexity index is 582. The molecule has 2 aromatic rings. The fourth-order valence-corrected chi connectivity index (χ4v) is 1.81. The Hall–Kier alpha value is -2.56. The van der Waals surface area contributed by atoms with E-state index in [-0.39, 0.29) is 5.91 Å². The molecule has 0 unspecified atom stereocenters. The Morgan fingerprint density at radius 1 is 1.25 bits per heavy atom. The Morgan fingerprint density at radius 2 is 2.00 bits per heavy atom. The lowest BCUT2D eigenvalue weighted by molar-refractivity contribution is 0.0951. The van der Waals surface area contributed by atoms with E-state index in [2.05, 4.69) is 15.6 Å². The quantitative estimate of drug-likeness (QED) is 0.873. The van der Waals surface area contributed by atoms with Crippen LogP contribution < -0.4 is 15.4 Å². The molecule has 0 aliphatic carbocycles. The number of aromatic nitrogens is 1. The summed E-state index contributed by atoms with van der Waals surface area (Å²) in [6.45, 7) is 0.459. The van der Waals surface area contributed by atoms with Crippen molar-refractivity contribution < 1.29 is 9.53 Å². The molecule has 1 heterocycles. The summed E-state index contributed by atoms with van der Waals surface area (Å²) in [4.78, 5) is 16.1. The summed E-state index contributed by atoms with van der Waals surface area (Å²) < 4.78 is 5.09. The molecule has 1 aromatic heterocycles. The number of nitrogens with zero attached hydrogens (tertiary/aromatic N) is 1. The molecule has 0 saturated heterocycles. The van der Waals surface area contributed by atoms with E-state index in [1.165, 1.54) is 0 Å². The smallest absolute Gasteiger partial charge is 0.255 e. The van der Waals surface area contributed by atoms with Crippen molar-refractivity contribution in [3.8, 4) is 5.75 Å². The third-order valence-corrected chi connectivity index (χ3v) is 2.95. The lowest BCUT2D eigenvalue weighted by Gasteiger charge is -2.09. The number of ether oxygens (including phenoxy) is 1. The number of pyridine rings is 1. The van der Waals surface area contributed by atoms with Gasteiger partial charge in [0.1, 0.15) is 5.75 Å². The van der Waals surface area contributed by atoms with Gasteiger partial charge in [-0.15, -0.1) is 0 Å². The van der Waals surface area contributed by atoms with Gasteiger partial charge in [-0.3, -0.25) is 9.78 Å². The van der Waals surface area contributed by atoms with E-state index < -0.39 is 0 Å². The maximum Gasteiger partial charge on any atom is 0.255 e. The highest BCUT2D eigenvalue weighted by Crippen LogP contribution is 2.13. The largest absolute Gasteiger partial charge is 0.497 e. The Morgan fingerprint density at radius 3 is 2.65 bits per heavy atom. The fraction of sp³-hybridized carbons (Fsp3) is 0.200. The van der Waals surface area contributed by atoms with E-state index in [1.807, 2.05) is 24.3 Å². The minimum atomic E-state index is -0.154. The average molecular weight is 271 g/mol. The Balaban J connectivity index is 2.01. The van der Waals surface area contributed by atoms with Gasteiger partial charge in [0.2, 0.25) is 0 Å². The van der Waals surface area contributed by atoms with Gasteiger partial charge in [0.15, 0.2) is 0 Å². The lowest BCUT2D eigenvalue weighted by atomic mass is 10.2. The number of benzene rings is 1. The summed E-state index contributed by atoms with van der Waals surface area (Å²) in [5.74, 6) is 0.642. The number of rotatable bonds is 5. The number of carbonyl (C=O) groups excluding carboxylic acids is 1. The molecule has 1 amide bonds. The topological polar surface area (TPSA) is 63.2 Å². The van der Waals surface area contributed by atoms with Crippen LogP contribution in [0.2, 0.25) is 0 Å². The molecule has 1 aromatic carbocycles. The van der Waals surface area contributed by atoms with Gasteiger partial charge in [-0.05, 0) is 23.8 Å². The van der Waals surface area contributed by atoms with Gasteiger partial charge in [0.05, 0.1) is 12.7 Å².